The average Bonchev–Trinajstić information content (AvgIpc) is 3.42. The van der Waals surface area contributed by atoms with E-state index in [1.54, 1.807) is 7.11 Å². The largest absolute Gasteiger partial charge is 0.494 e. The van der Waals surface area contributed by atoms with Crippen LogP contribution in [0.1, 0.15) is 16.8 Å². The predicted octanol–water partition coefficient (Wildman–Crippen LogP) is 6.20. The fraction of sp³-hybridized carbons (Fsp3) is 0.250. The molecule has 4 nitrogen and oxygen atoms in total. The highest BCUT2D eigenvalue weighted by Crippen LogP contribution is 2.42. The molecule has 0 radical (unpaired) electrons. The SMILES string of the molecule is COc1ccccc1-n1nc2c(c1-c1ccc(Cl)cc1)CC(C1CNc3ccccc3C1)C2. The van der Waals surface area contributed by atoms with Crippen molar-refractivity contribution in [2.45, 2.75) is 19.3 Å². The quantitative estimate of drug-likeness (QED) is 0.398. The molecule has 4 aromatic rings. The number of para-hydroxylation sites is 3. The second kappa shape index (κ2) is 8.27. The van der Waals surface area contributed by atoms with Crippen molar-refractivity contribution >= 4 is 17.3 Å². The molecule has 1 N–H and O–H groups in total. The van der Waals surface area contributed by atoms with E-state index in [2.05, 4.69) is 52.5 Å². The zero-order chi connectivity index (χ0) is 22.4. The molecule has 0 saturated carbocycles. The van der Waals surface area contributed by atoms with Gasteiger partial charge in [-0.05, 0) is 67.0 Å². The van der Waals surface area contributed by atoms with E-state index in [1.807, 2.05) is 30.3 Å². The minimum absolute atomic E-state index is 0.585. The van der Waals surface area contributed by atoms with Crippen LogP contribution in [-0.4, -0.2) is 23.4 Å². The molecular formula is C28H26ClN3O. The Bertz CT molecular complexity index is 1310. The van der Waals surface area contributed by atoms with Crippen LogP contribution < -0.4 is 10.1 Å². The van der Waals surface area contributed by atoms with E-state index in [9.17, 15) is 0 Å². The zero-order valence-electron chi connectivity index (χ0n) is 18.6. The van der Waals surface area contributed by atoms with Gasteiger partial charge in [-0.1, -0.05) is 54.1 Å². The molecule has 3 aromatic carbocycles. The van der Waals surface area contributed by atoms with Crippen molar-refractivity contribution in [1.82, 2.24) is 9.78 Å². The second-order valence-electron chi connectivity index (χ2n) is 9.03. The van der Waals surface area contributed by atoms with E-state index in [4.69, 9.17) is 21.4 Å². The molecule has 2 atom stereocenters. The molecule has 33 heavy (non-hydrogen) atoms. The predicted molar refractivity (Wildman–Crippen MR) is 134 cm³/mol. The van der Waals surface area contributed by atoms with Crippen LogP contribution in [0.2, 0.25) is 5.02 Å². The van der Waals surface area contributed by atoms with Gasteiger partial charge in [0.05, 0.1) is 18.5 Å². The van der Waals surface area contributed by atoms with Crippen LogP contribution in [0.3, 0.4) is 0 Å². The lowest BCUT2D eigenvalue weighted by molar-refractivity contribution is 0.349. The lowest BCUT2D eigenvalue weighted by Gasteiger charge is -2.30. The first-order chi connectivity index (χ1) is 16.2. The maximum atomic E-state index is 6.21. The highest BCUT2D eigenvalue weighted by molar-refractivity contribution is 6.30. The number of aromatic nitrogens is 2. The number of nitrogens with zero attached hydrogens (tertiary/aromatic N) is 2. The molecule has 1 aliphatic carbocycles. The van der Waals surface area contributed by atoms with Gasteiger partial charge in [0, 0.05) is 28.4 Å². The molecule has 0 saturated heterocycles. The molecule has 6 rings (SSSR count). The molecule has 1 aliphatic heterocycles. The third kappa shape index (κ3) is 3.59. The summed E-state index contributed by atoms with van der Waals surface area (Å²) in [6, 6.07) is 24.9. The number of fused-ring (bicyclic) bond motifs is 2. The zero-order valence-corrected chi connectivity index (χ0v) is 19.3. The van der Waals surface area contributed by atoms with E-state index in [1.165, 1.54) is 22.5 Å². The average molecular weight is 456 g/mol. The summed E-state index contributed by atoms with van der Waals surface area (Å²) in [4.78, 5) is 0. The van der Waals surface area contributed by atoms with Crippen LogP contribution in [0.15, 0.2) is 72.8 Å². The summed E-state index contributed by atoms with van der Waals surface area (Å²) in [5.41, 5.74) is 8.51. The molecule has 5 heteroatoms. The van der Waals surface area contributed by atoms with Crippen LogP contribution in [0, 0.1) is 11.8 Å². The number of methoxy groups -OCH3 is 1. The number of anilines is 1. The van der Waals surface area contributed by atoms with Crippen molar-refractivity contribution in [1.29, 1.82) is 0 Å². The fourth-order valence-corrected chi connectivity index (χ4v) is 5.60. The Labute approximate surface area is 199 Å². The summed E-state index contributed by atoms with van der Waals surface area (Å²) in [5, 5.41) is 9.54. The van der Waals surface area contributed by atoms with E-state index >= 15 is 0 Å². The van der Waals surface area contributed by atoms with Gasteiger partial charge in [0.25, 0.3) is 0 Å². The van der Waals surface area contributed by atoms with Crippen molar-refractivity contribution in [3.63, 3.8) is 0 Å². The molecule has 0 bridgehead atoms. The van der Waals surface area contributed by atoms with Crippen molar-refractivity contribution in [2.24, 2.45) is 11.8 Å². The minimum Gasteiger partial charge on any atom is -0.494 e. The Morgan fingerprint density at radius 3 is 2.55 bits per heavy atom. The number of hydrogen-bond acceptors (Lipinski definition) is 3. The van der Waals surface area contributed by atoms with Gasteiger partial charge in [0.15, 0.2) is 0 Å². The van der Waals surface area contributed by atoms with E-state index in [-0.39, 0.29) is 0 Å². The summed E-state index contributed by atoms with van der Waals surface area (Å²) >= 11 is 6.21. The molecule has 0 fully saturated rings. The highest BCUT2D eigenvalue weighted by Gasteiger charge is 2.36. The van der Waals surface area contributed by atoms with Crippen LogP contribution in [0.25, 0.3) is 16.9 Å². The van der Waals surface area contributed by atoms with E-state index in [0.717, 1.165) is 53.5 Å². The monoisotopic (exact) mass is 455 g/mol. The first kappa shape index (κ1) is 20.4. The standard InChI is InChI=1S/C28H26ClN3O/c1-33-27-9-5-4-8-26(27)32-28(18-10-12-22(29)13-11-18)23-15-20(16-25(23)31-32)21-14-19-6-2-3-7-24(19)30-17-21/h2-13,20-21,30H,14-17H2,1H3. The van der Waals surface area contributed by atoms with Crippen molar-refractivity contribution in [3.05, 3.63) is 94.6 Å². The van der Waals surface area contributed by atoms with Crippen LogP contribution in [0.4, 0.5) is 5.69 Å². The topological polar surface area (TPSA) is 39.1 Å². The Morgan fingerprint density at radius 1 is 0.909 bits per heavy atom. The summed E-state index contributed by atoms with van der Waals surface area (Å²) in [6.07, 6.45) is 3.17. The molecule has 0 spiro atoms. The highest BCUT2D eigenvalue weighted by atomic mass is 35.5. The Kier molecular flexibility index (Phi) is 5.11. The maximum Gasteiger partial charge on any atom is 0.144 e. The van der Waals surface area contributed by atoms with Crippen molar-refractivity contribution in [2.75, 3.05) is 19.0 Å². The first-order valence-electron chi connectivity index (χ1n) is 11.5. The molecule has 2 heterocycles. The van der Waals surface area contributed by atoms with Crippen LogP contribution in [0.5, 0.6) is 5.75 Å². The van der Waals surface area contributed by atoms with Gasteiger partial charge in [-0.25, -0.2) is 4.68 Å². The molecule has 2 aliphatic rings. The molecule has 0 amide bonds. The van der Waals surface area contributed by atoms with E-state index < -0.39 is 0 Å². The number of halogens is 1. The molecule has 2 unspecified atom stereocenters. The normalized spacial score (nSPS) is 19.0. The summed E-state index contributed by atoms with van der Waals surface area (Å²) < 4.78 is 7.74. The van der Waals surface area contributed by atoms with Crippen molar-refractivity contribution < 1.29 is 4.74 Å². The maximum absolute atomic E-state index is 6.21. The second-order valence-corrected chi connectivity index (χ2v) is 9.47. The molecule has 166 valence electrons. The Hall–Kier alpha value is -3.24. The minimum atomic E-state index is 0.585. The number of ether oxygens (including phenoxy) is 1. The fourth-order valence-electron chi connectivity index (χ4n) is 5.47. The lowest BCUT2D eigenvalue weighted by atomic mass is 9.82. The lowest BCUT2D eigenvalue weighted by Crippen LogP contribution is -2.30. The first-order valence-corrected chi connectivity index (χ1v) is 11.9. The smallest absolute Gasteiger partial charge is 0.144 e. The van der Waals surface area contributed by atoms with Gasteiger partial charge in [-0.3, -0.25) is 0 Å². The third-order valence-corrected chi connectivity index (χ3v) is 7.39. The van der Waals surface area contributed by atoms with Gasteiger partial charge in [0.2, 0.25) is 0 Å². The van der Waals surface area contributed by atoms with Crippen LogP contribution >= 0.6 is 11.6 Å². The van der Waals surface area contributed by atoms with Crippen LogP contribution in [-0.2, 0) is 19.3 Å². The number of benzene rings is 3. The van der Waals surface area contributed by atoms with Crippen molar-refractivity contribution in [3.8, 4) is 22.7 Å². The van der Waals surface area contributed by atoms with Gasteiger partial charge < -0.3 is 10.1 Å². The number of nitrogens with one attached hydrogen (secondary N) is 1. The van der Waals surface area contributed by atoms with Gasteiger partial charge in [-0.15, -0.1) is 0 Å². The summed E-state index contributed by atoms with van der Waals surface area (Å²) in [7, 11) is 1.71. The number of rotatable bonds is 4. The molecular weight excluding hydrogens is 430 g/mol. The van der Waals surface area contributed by atoms with Gasteiger partial charge >= 0.3 is 0 Å². The summed E-state index contributed by atoms with van der Waals surface area (Å²) in [6.45, 7) is 1.02. The van der Waals surface area contributed by atoms with Gasteiger partial charge in [-0.2, -0.15) is 5.10 Å². The Balaban J connectivity index is 1.39. The number of hydrogen-bond donors (Lipinski definition) is 1. The summed E-state index contributed by atoms with van der Waals surface area (Å²) in [5.74, 6) is 2.01. The van der Waals surface area contributed by atoms with Gasteiger partial charge in [0.1, 0.15) is 11.4 Å². The third-order valence-electron chi connectivity index (χ3n) is 7.14. The Morgan fingerprint density at radius 2 is 1.70 bits per heavy atom. The molecule has 1 aromatic heterocycles. The van der Waals surface area contributed by atoms with E-state index in [0.29, 0.717) is 11.8 Å².